The van der Waals surface area contributed by atoms with Crippen LogP contribution in [-0.4, -0.2) is 0 Å². The van der Waals surface area contributed by atoms with Gasteiger partial charge in [-0.2, -0.15) is 0 Å². The van der Waals surface area contributed by atoms with Crippen molar-refractivity contribution in [3.8, 4) is 33.4 Å². The third-order valence-electron chi connectivity index (χ3n) is 10.8. The van der Waals surface area contributed by atoms with E-state index in [1.54, 1.807) is 0 Å². The van der Waals surface area contributed by atoms with E-state index in [-0.39, 0.29) is 35.4 Å². The van der Waals surface area contributed by atoms with E-state index in [0.717, 1.165) is 38.8 Å². The molecule has 0 fully saturated rings. The molecule has 2 aliphatic carbocycles. The van der Waals surface area contributed by atoms with Crippen molar-refractivity contribution >= 4 is 39.0 Å². The molecule has 8 aromatic carbocycles. The zero-order chi connectivity index (χ0) is 37.0. The molecule has 2 nitrogen and oxygen atoms in total. The first-order valence-electron chi connectivity index (χ1n) is 19.3. The first-order valence-corrected chi connectivity index (χ1v) is 17.3. The molecule has 11 rings (SSSR count). The van der Waals surface area contributed by atoms with Gasteiger partial charge in [0.05, 0.1) is 10.9 Å². The fourth-order valence-corrected chi connectivity index (χ4v) is 8.65. The molecule has 238 valence electrons. The number of rotatable bonds is 4. The Kier molecular flexibility index (Phi) is 5.13. The third-order valence-corrected chi connectivity index (χ3v) is 10.8. The summed E-state index contributed by atoms with van der Waals surface area (Å²) >= 11 is 0. The predicted octanol–water partition coefficient (Wildman–Crippen LogP) is 13.1. The summed E-state index contributed by atoms with van der Waals surface area (Å²) in [6.45, 7) is 0. The zero-order valence-corrected chi connectivity index (χ0v) is 27.4. The van der Waals surface area contributed by atoms with Gasteiger partial charge in [-0.25, -0.2) is 0 Å². The van der Waals surface area contributed by atoms with E-state index in [2.05, 4.69) is 91.0 Å². The molecule has 0 amide bonds. The molecule has 0 radical (unpaired) electrons. The number of furan rings is 1. The van der Waals surface area contributed by atoms with Crippen LogP contribution in [0.15, 0.2) is 192 Å². The molecule has 0 saturated carbocycles. The summed E-state index contributed by atoms with van der Waals surface area (Å²) in [7, 11) is 0. The minimum absolute atomic E-state index is 0.0919. The number of hydrogen-bond acceptors (Lipinski definition) is 2. The number of nitrogens with zero attached hydrogens (tertiary/aromatic N) is 1. The molecule has 0 atom stereocenters. The monoisotopic (exact) mass is 653 g/mol. The number of anilines is 3. The van der Waals surface area contributed by atoms with E-state index < -0.39 is 5.41 Å². The Morgan fingerprint density at radius 2 is 0.922 bits per heavy atom. The molecule has 51 heavy (non-hydrogen) atoms. The molecule has 9 aromatic rings. The lowest BCUT2D eigenvalue weighted by atomic mass is 9.70. The van der Waals surface area contributed by atoms with E-state index in [4.69, 9.17) is 4.42 Å². The molecule has 1 aromatic heterocycles. The molecular weight excluding hydrogens is 619 g/mol. The maximum absolute atomic E-state index is 9.58. The van der Waals surface area contributed by atoms with Crippen molar-refractivity contribution in [3.05, 3.63) is 210 Å². The lowest BCUT2D eigenvalue weighted by Crippen LogP contribution is -2.26. The van der Waals surface area contributed by atoms with Gasteiger partial charge in [0, 0.05) is 27.8 Å². The zero-order valence-electron chi connectivity index (χ0n) is 31.4. The van der Waals surface area contributed by atoms with Gasteiger partial charge in [0.2, 0.25) is 0 Å². The molecule has 1 heterocycles. The van der Waals surface area contributed by atoms with Crippen molar-refractivity contribution in [2.45, 2.75) is 5.41 Å². The average molecular weight is 654 g/mol. The van der Waals surface area contributed by atoms with Crippen molar-refractivity contribution < 1.29 is 9.90 Å². The Labute approximate surface area is 302 Å². The SMILES string of the molecule is [2H]c1c([2H])c(N(c2ccc3c(c2)C2(c4ccccc4-c4ccccc42)c2ccccc2-3)c2ccc3oc4ccccc4c3c2)c([2H])c([2H])c1-c1ccccc1. The van der Waals surface area contributed by atoms with Gasteiger partial charge >= 0.3 is 0 Å². The normalized spacial score (nSPS) is 14.4. The first-order chi connectivity index (χ1) is 27.0. The van der Waals surface area contributed by atoms with E-state index in [9.17, 15) is 5.48 Å². The van der Waals surface area contributed by atoms with Crippen LogP contribution in [0.4, 0.5) is 17.1 Å². The first kappa shape index (κ1) is 24.5. The van der Waals surface area contributed by atoms with Gasteiger partial charge in [0.1, 0.15) is 11.2 Å². The van der Waals surface area contributed by atoms with Crippen molar-refractivity contribution in [1.29, 1.82) is 0 Å². The minimum Gasteiger partial charge on any atom is -0.456 e. The van der Waals surface area contributed by atoms with Gasteiger partial charge in [-0.3, -0.25) is 0 Å². The Morgan fingerprint density at radius 1 is 0.392 bits per heavy atom. The van der Waals surface area contributed by atoms with Crippen molar-refractivity contribution in [2.24, 2.45) is 0 Å². The summed E-state index contributed by atoms with van der Waals surface area (Å²) in [6, 6.07) is 55.1. The van der Waals surface area contributed by atoms with Crippen molar-refractivity contribution in [1.82, 2.24) is 0 Å². The molecule has 1 spiro atoms. The molecule has 0 N–H and O–H groups in total. The van der Waals surface area contributed by atoms with E-state index in [1.165, 1.54) is 33.4 Å². The molecule has 0 bridgehead atoms. The van der Waals surface area contributed by atoms with Crippen LogP contribution in [0.3, 0.4) is 0 Å². The fourth-order valence-electron chi connectivity index (χ4n) is 8.65. The van der Waals surface area contributed by atoms with Crippen LogP contribution in [0.5, 0.6) is 0 Å². The van der Waals surface area contributed by atoms with Crippen LogP contribution in [-0.2, 0) is 5.41 Å². The lowest BCUT2D eigenvalue weighted by Gasteiger charge is -2.32. The Morgan fingerprint density at radius 3 is 1.61 bits per heavy atom. The Bertz CT molecular complexity index is 2970. The molecule has 0 unspecified atom stereocenters. The van der Waals surface area contributed by atoms with Gasteiger partial charge in [0.25, 0.3) is 0 Å². The maximum Gasteiger partial charge on any atom is 0.135 e. The molecule has 0 saturated heterocycles. The van der Waals surface area contributed by atoms with Crippen LogP contribution in [0, 0.1) is 0 Å². The van der Waals surface area contributed by atoms with Gasteiger partial charge in [0.15, 0.2) is 0 Å². The second-order valence-corrected chi connectivity index (χ2v) is 13.3. The summed E-state index contributed by atoms with van der Waals surface area (Å²) in [6.07, 6.45) is 0. The van der Waals surface area contributed by atoms with Crippen molar-refractivity contribution in [2.75, 3.05) is 4.90 Å². The van der Waals surface area contributed by atoms with E-state index in [1.807, 2.05) is 77.7 Å². The van der Waals surface area contributed by atoms with Crippen LogP contribution in [0.1, 0.15) is 27.7 Å². The summed E-state index contributed by atoms with van der Waals surface area (Å²) in [5.41, 5.74) is 12.9. The van der Waals surface area contributed by atoms with Crippen LogP contribution >= 0.6 is 0 Å². The number of hydrogen-bond donors (Lipinski definition) is 0. The number of para-hydroxylation sites is 1. The molecule has 2 aliphatic rings. The van der Waals surface area contributed by atoms with Crippen molar-refractivity contribution in [3.63, 3.8) is 0 Å². The Balaban J connectivity index is 1.22. The lowest BCUT2D eigenvalue weighted by molar-refractivity contribution is 0.669. The summed E-state index contributed by atoms with van der Waals surface area (Å²) in [5.74, 6) is 0. The van der Waals surface area contributed by atoms with E-state index in [0.29, 0.717) is 11.3 Å². The predicted molar refractivity (Wildman–Crippen MR) is 210 cm³/mol. The van der Waals surface area contributed by atoms with Crippen LogP contribution < -0.4 is 4.90 Å². The smallest absolute Gasteiger partial charge is 0.135 e. The standard InChI is InChI=1S/C49H31NO/c1-2-12-32(13-3-1)33-22-24-34(25-23-33)50(35-27-29-48-42(30-35)41-17-7-11-21-47(41)51-48)36-26-28-40-39-16-6-10-20-45(39)49(46(40)31-36)43-18-8-4-14-37(43)38-15-5-9-19-44(38)49/h1-31H/i22D,23D,24D,25D. The summed E-state index contributed by atoms with van der Waals surface area (Å²) in [4.78, 5) is 1.90. The Hall–Kier alpha value is -6.64. The topological polar surface area (TPSA) is 16.4 Å². The van der Waals surface area contributed by atoms with Gasteiger partial charge in [-0.1, -0.05) is 139 Å². The van der Waals surface area contributed by atoms with Gasteiger partial charge < -0.3 is 9.32 Å². The minimum atomic E-state index is -0.600. The summed E-state index contributed by atoms with van der Waals surface area (Å²) < 4.78 is 44.0. The third kappa shape index (κ3) is 3.93. The highest BCUT2D eigenvalue weighted by Gasteiger charge is 2.51. The summed E-state index contributed by atoms with van der Waals surface area (Å²) in [5, 5.41) is 1.86. The maximum atomic E-state index is 9.58. The molecule has 0 aliphatic heterocycles. The highest BCUT2D eigenvalue weighted by Crippen LogP contribution is 2.63. The van der Waals surface area contributed by atoms with Gasteiger partial charge in [-0.05, 0) is 104 Å². The fraction of sp³-hybridized carbons (Fsp3) is 0.0204. The van der Waals surface area contributed by atoms with Crippen LogP contribution in [0.2, 0.25) is 0 Å². The van der Waals surface area contributed by atoms with Crippen LogP contribution in [0.25, 0.3) is 55.3 Å². The number of fused-ring (bicyclic) bond motifs is 13. The largest absolute Gasteiger partial charge is 0.456 e. The highest BCUT2D eigenvalue weighted by atomic mass is 16.3. The molecular formula is C49H31NO. The molecule has 2 heteroatoms. The van der Waals surface area contributed by atoms with E-state index >= 15 is 0 Å². The van der Waals surface area contributed by atoms with Gasteiger partial charge in [-0.15, -0.1) is 0 Å². The second-order valence-electron chi connectivity index (χ2n) is 13.3. The quantitative estimate of drug-likeness (QED) is 0.188. The highest BCUT2D eigenvalue weighted by molar-refractivity contribution is 6.06. The number of benzene rings is 8. The average Bonchev–Trinajstić information content (AvgIpc) is 3.86. The second kappa shape index (κ2) is 10.7.